The predicted molar refractivity (Wildman–Crippen MR) is 61.7 cm³/mol. The Hall–Kier alpha value is -0.490. The van der Waals surface area contributed by atoms with Crippen LogP contribution in [0.25, 0.3) is 0 Å². The van der Waals surface area contributed by atoms with Gasteiger partial charge in [-0.1, -0.05) is 22.0 Å². The summed E-state index contributed by atoms with van der Waals surface area (Å²) < 4.78 is 13.1. The minimum absolute atomic E-state index is 0.114. The van der Waals surface area contributed by atoms with E-state index in [1.807, 2.05) is 0 Å². The van der Waals surface area contributed by atoms with Gasteiger partial charge >= 0.3 is 0 Å². The highest BCUT2D eigenvalue weighted by atomic mass is 79.9. The Morgan fingerprint density at radius 2 is 2.00 bits per heavy atom. The van der Waals surface area contributed by atoms with Gasteiger partial charge in [0.2, 0.25) is 0 Å². The van der Waals surface area contributed by atoms with Crippen molar-refractivity contribution in [1.82, 2.24) is 0 Å². The maximum Gasteiger partial charge on any atom is 0.128 e. The summed E-state index contributed by atoms with van der Waals surface area (Å²) in [5.41, 5.74) is 0.515. The summed E-state index contributed by atoms with van der Waals surface area (Å²) in [5.74, 6) is -0.520. The van der Waals surface area contributed by atoms with Crippen LogP contribution in [0.2, 0.25) is 0 Å². The molecule has 0 saturated carbocycles. The molecule has 3 nitrogen and oxygen atoms in total. The highest BCUT2D eigenvalue weighted by Gasteiger charge is 2.18. The number of hydrogen-bond acceptors (Lipinski definition) is 3. The van der Waals surface area contributed by atoms with Crippen LogP contribution in [-0.2, 0) is 6.61 Å². The molecule has 1 aromatic rings. The van der Waals surface area contributed by atoms with Crippen molar-refractivity contribution in [1.29, 1.82) is 0 Å². The van der Waals surface area contributed by atoms with Crippen molar-refractivity contribution in [2.45, 2.75) is 25.2 Å². The van der Waals surface area contributed by atoms with Gasteiger partial charge in [-0.3, -0.25) is 0 Å². The highest BCUT2D eigenvalue weighted by Crippen LogP contribution is 2.22. The molecular formula is C11H14BrFO3. The zero-order valence-electron chi connectivity index (χ0n) is 8.61. The van der Waals surface area contributed by atoms with E-state index in [0.717, 1.165) is 0 Å². The SMILES string of the molecule is OCc1cc(C(O)C(O)CCBr)ccc1F. The first-order valence-corrected chi connectivity index (χ1v) is 6.03. The molecular weight excluding hydrogens is 279 g/mol. The lowest BCUT2D eigenvalue weighted by atomic mass is 10.0. The molecule has 0 spiro atoms. The van der Waals surface area contributed by atoms with Crippen LogP contribution in [0.5, 0.6) is 0 Å². The van der Waals surface area contributed by atoms with Gasteiger partial charge in [-0.15, -0.1) is 0 Å². The summed E-state index contributed by atoms with van der Waals surface area (Å²) in [7, 11) is 0. The van der Waals surface area contributed by atoms with Gasteiger partial charge in [0, 0.05) is 10.9 Å². The molecule has 5 heteroatoms. The molecule has 0 fully saturated rings. The number of hydrogen-bond donors (Lipinski definition) is 3. The predicted octanol–water partition coefficient (Wildman–Crippen LogP) is 1.50. The normalized spacial score (nSPS) is 14.8. The minimum atomic E-state index is -1.07. The van der Waals surface area contributed by atoms with E-state index in [9.17, 15) is 14.6 Å². The van der Waals surface area contributed by atoms with Crippen molar-refractivity contribution >= 4 is 15.9 Å². The Bertz CT molecular complexity index is 346. The zero-order chi connectivity index (χ0) is 12.1. The van der Waals surface area contributed by atoms with Crippen molar-refractivity contribution in [3.8, 4) is 0 Å². The summed E-state index contributed by atoms with van der Waals surface area (Å²) in [6.45, 7) is -0.430. The molecule has 16 heavy (non-hydrogen) atoms. The van der Waals surface area contributed by atoms with Crippen LogP contribution in [0, 0.1) is 5.82 Å². The Morgan fingerprint density at radius 3 is 2.56 bits per heavy atom. The number of alkyl halides is 1. The van der Waals surface area contributed by atoms with Crippen LogP contribution in [0.1, 0.15) is 23.7 Å². The molecule has 0 heterocycles. The van der Waals surface area contributed by atoms with Crippen LogP contribution in [0.15, 0.2) is 18.2 Å². The lowest BCUT2D eigenvalue weighted by Gasteiger charge is -2.17. The number of aliphatic hydroxyl groups is 3. The zero-order valence-corrected chi connectivity index (χ0v) is 10.2. The first kappa shape index (κ1) is 13.6. The number of benzene rings is 1. The molecule has 0 radical (unpaired) electrons. The third-order valence-corrected chi connectivity index (χ3v) is 2.81. The summed E-state index contributed by atoms with van der Waals surface area (Å²) >= 11 is 3.16. The summed E-state index contributed by atoms with van der Waals surface area (Å²) in [6.07, 6.45) is -1.58. The van der Waals surface area contributed by atoms with Crippen LogP contribution in [0.4, 0.5) is 4.39 Å². The summed E-state index contributed by atoms with van der Waals surface area (Å²) in [6, 6.07) is 3.93. The number of halogens is 2. The largest absolute Gasteiger partial charge is 0.392 e. The molecule has 0 aliphatic rings. The second kappa shape index (κ2) is 6.30. The van der Waals surface area contributed by atoms with Gasteiger partial charge in [0.25, 0.3) is 0 Å². The topological polar surface area (TPSA) is 60.7 Å². The minimum Gasteiger partial charge on any atom is -0.392 e. The fourth-order valence-corrected chi connectivity index (χ4v) is 1.86. The van der Waals surface area contributed by atoms with E-state index in [1.54, 1.807) is 0 Å². The Morgan fingerprint density at radius 1 is 1.31 bits per heavy atom. The monoisotopic (exact) mass is 292 g/mol. The van der Waals surface area contributed by atoms with Crippen molar-refractivity contribution < 1.29 is 19.7 Å². The van der Waals surface area contributed by atoms with Crippen molar-refractivity contribution in [3.05, 3.63) is 35.1 Å². The molecule has 90 valence electrons. The van der Waals surface area contributed by atoms with Crippen LogP contribution < -0.4 is 0 Å². The second-order valence-electron chi connectivity index (χ2n) is 3.50. The van der Waals surface area contributed by atoms with Gasteiger partial charge in [-0.25, -0.2) is 4.39 Å². The van der Waals surface area contributed by atoms with E-state index in [2.05, 4.69) is 15.9 Å². The summed E-state index contributed by atoms with van der Waals surface area (Å²) in [4.78, 5) is 0. The van der Waals surface area contributed by atoms with Crippen molar-refractivity contribution in [2.75, 3.05) is 5.33 Å². The highest BCUT2D eigenvalue weighted by molar-refractivity contribution is 9.09. The van der Waals surface area contributed by atoms with E-state index in [4.69, 9.17) is 5.11 Å². The van der Waals surface area contributed by atoms with Gasteiger partial charge in [0.15, 0.2) is 0 Å². The fourth-order valence-electron chi connectivity index (χ4n) is 1.39. The molecule has 0 aliphatic heterocycles. The van der Waals surface area contributed by atoms with Gasteiger partial charge in [-0.05, 0) is 24.1 Å². The Balaban J connectivity index is 2.87. The first-order chi connectivity index (χ1) is 7.60. The van der Waals surface area contributed by atoms with Crippen molar-refractivity contribution in [2.24, 2.45) is 0 Å². The van der Waals surface area contributed by atoms with Gasteiger partial charge in [-0.2, -0.15) is 0 Å². The van der Waals surface area contributed by atoms with Crippen LogP contribution >= 0.6 is 15.9 Å². The van der Waals surface area contributed by atoms with Crippen molar-refractivity contribution in [3.63, 3.8) is 0 Å². The van der Waals surface area contributed by atoms with E-state index < -0.39 is 24.6 Å². The van der Waals surface area contributed by atoms with Gasteiger partial charge in [0.1, 0.15) is 11.9 Å². The molecule has 3 N–H and O–H groups in total. The van der Waals surface area contributed by atoms with E-state index in [1.165, 1.54) is 18.2 Å². The van der Waals surface area contributed by atoms with E-state index in [0.29, 0.717) is 17.3 Å². The van der Waals surface area contributed by atoms with Gasteiger partial charge < -0.3 is 15.3 Å². The molecule has 2 atom stereocenters. The quantitative estimate of drug-likeness (QED) is 0.721. The standard InChI is InChI=1S/C11H14BrFO3/c12-4-3-10(15)11(16)7-1-2-9(13)8(5-7)6-14/h1-2,5,10-11,14-16H,3-4,6H2. The molecule has 2 unspecified atom stereocenters. The maximum atomic E-state index is 13.1. The molecule has 0 aromatic heterocycles. The smallest absolute Gasteiger partial charge is 0.128 e. The van der Waals surface area contributed by atoms with Gasteiger partial charge in [0.05, 0.1) is 12.7 Å². The number of rotatable bonds is 5. The third kappa shape index (κ3) is 3.25. The third-order valence-electron chi connectivity index (χ3n) is 2.35. The molecule has 1 aromatic carbocycles. The fraction of sp³-hybridized carbons (Fsp3) is 0.455. The molecule has 0 aliphatic carbocycles. The van der Waals surface area contributed by atoms with E-state index >= 15 is 0 Å². The molecule has 1 rings (SSSR count). The van der Waals surface area contributed by atoms with Crippen LogP contribution in [-0.4, -0.2) is 26.8 Å². The van der Waals surface area contributed by atoms with Crippen LogP contribution in [0.3, 0.4) is 0 Å². The maximum absolute atomic E-state index is 13.1. The lowest BCUT2D eigenvalue weighted by Crippen LogP contribution is -2.18. The molecule has 0 amide bonds. The molecule has 0 saturated heterocycles. The summed E-state index contributed by atoms with van der Waals surface area (Å²) in [5, 5.41) is 28.8. The molecule has 0 bridgehead atoms. The first-order valence-electron chi connectivity index (χ1n) is 4.91. The Kier molecular flexibility index (Phi) is 5.34. The second-order valence-corrected chi connectivity index (χ2v) is 4.29. The number of aliphatic hydroxyl groups excluding tert-OH is 3. The lowest BCUT2D eigenvalue weighted by molar-refractivity contribution is 0.0172. The average Bonchev–Trinajstić information content (AvgIpc) is 2.29. The average molecular weight is 293 g/mol. The van der Waals surface area contributed by atoms with E-state index in [-0.39, 0.29) is 5.56 Å². The Labute approximate surface area is 102 Å².